The zero-order valence-corrected chi connectivity index (χ0v) is 10.9. The molecule has 0 spiro atoms. The fourth-order valence-electron chi connectivity index (χ4n) is 2.60. The minimum atomic E-state index is 0.00475. The third kappa shape index (κ3) is 1.75. The molecule has 0 N–H and O–H groups in total. The van der Waals surface area contributed by atoms with Crippen LogP contribution in [0.3, 0.4) is 0 Å². The van der Waals surface area contributed by atoms with E-state index in [0.717, 1.165) is 30.1 Å². The average Bonchev–Trinajstić information content (AvgIpc) is 3.06. The molecule has 0 atom stereocenters. The first kappa shape index (κ1) is 11.1. The SMILES string of the molecule is CC1(C)CN(C(=O)C2CC2)c2ccc(Cl)cc21. The maximum atomic E-state index is 12.2. The highest BCUT2D eigenvalue weighted by Crippen LogP contribution is 2.44. The van der Waals surface area contributed by atoms with Crippen LogP contribution in [-0.4, -0.2) is 12.5 Å². The summed E-state index contributed by atoms with van der Waals surface area (Å²) in [5, 5.41) is 0.748. The Kier molecular flexibility index (Phi) is 2.27. The van der Waals surface area contributed by atoms with E-state index in [9.17, 15) is 4.79 Å². The summed E-state index contributed by atoms with van der Waals surface area (Å²) in [5.74, 6) is 0.562. The van der Waals surface area contributed by atoms with Crippen LogP contribution in [0.1, 0.15) is 32.3 Å². The van der Waals surface area contributed by atoms with Crippen molar-refractivity contribution in [2.24, 2.45) is 5.92 Å². The number of carbonyl (C=O) groups excluding carboxylic acids is 1. The maximum Gasteiger partial charge on any atom is 0.230 e. The van der Waals surface area contributed by atoms with E-state index < -0.39 is 0 Å². The first-order chi connectivity index (χ1) is 7.99. The van der Waals surface area contributed by atoms with Crippen LogP contribution in [0.15, 0.2) is 18.2 Å². The minimum Gasteiger partial charge on any atom is -0.311 e. The molecule has 1 heterocycles. The Morgan fingerprint density at radius 3 is 2.76 bits per heavy atom. The van der Waals surface area contributed by atoms with Crippen LogP contribution in [0.2, 0.25) is 5.02 Å². The number of carbonyl (C=O) groups is 1. The molecule has 3 heteroatoms. The predicted molar refractivity (Wildman–Crippen MR) is 69.6 cm³/mol. The lowest BCUT2D eigenvalue weighted by atomic mass is 9.87. The van der Waals surface area contributed by atoms with Crippen molar-refractivity contribution in [2.75, 3.05) is 11.4 Å². The standard InChI is InChI=1S/C14H16ClNO/c1-14(2)8-16(13(17)9-3-4-9)12-6-5-10(15)7-11(12)14/h5-7,9H,3-4,8H2,1-2H3. The first-order valence-electron chi connectivity index (χ1n) is 6.10. The Labute approximate surface area is 107 Å². The summed E-state index contributed by atoms with van der Waals surface area (Å²) >= 11 is 6.05. The lowest BCUT2D eigenvalue weighted by Gasteiger charge is -2.20. The van der Waals surface area contributed by atoms with Crippen molar-refractivity contribution >= 4 is 23.2 Å². The van der Waals surface area contributed by atoms with Gasteiger partial charge in [0.1, 0.15) is 0 Å². The number of hydrogen-bond acceptors (Lipinski definition) is 1. The summed E-state index contributed by atoms with van der Waals surface area (Å²) in [4.78, 5) is 14.2. The van der Waals surface area contributed by atoms with E-state index in [-0.39, 0.29) is 11.3 Å². The Morgan fingerprint density at radius 2 is 2.12 bits per heavy atom. The molecule has 1 aromatic rings. The van der Waals surface area contributed by atoms with Crippen LogP contribution in [-0.2, 0) is 10.2 Å². The number of anilines is 1. The third-order valence-electron chi connectivity index (χ3n) is 3.72. The number of benzene rings is 1. The van der Waals surface area contributed by atoms with Gasteiger partial charge in [0, 0.05) is 28.6 Å². The van der Waals surface area contributed by atoms with Gasteiger partial charge in [0.15, 0.2) is 0 Å². The van der Waals surface area contributed by atoms with Crippen LogP contribution in [0.25, 0.3) is 0 Å². The van der Waals surface area contributed by atoms with Gasteiger partial charge in [-0.05, 0) is 36.6 Å². The van der Waals surface area contributed by atoms with Crippen LogP contribution in [0, 0.1) is 5.92 Å². The van der Waals surface area contributed by atoms with Gasteiger partial charge in [-0.1, -0.05) is 25.4 Å². The molecule has 1 saturated carbocycles. The third-order valence-corrected chi connectivity index (χ3v) is 3.96. The number of rotatable bonds is 1. The molecule has 0 unspecified atom stereocenters. The van der Waals surface area contributed by atoms with Crippen molar-refractivity contribution in [3.05, 3.63) is 28.8 Å². The van der Waals surface area contributed by atoms with E-state index in [1.807, 2.05) is 23.1 Å². The van der Waals surface area contributed by atoms with Gasteiger partial charge in [-0.15, -0.1) is 0 Å². The van der Waals surface area contributed by atoms with E-state index >= 15 is 0 Å². The van der Waals surface area contributed by atoms with Crippen molar-refractivity contribution < 1.29 is 4.79 Å². The molecule has 1 amide bonds. The molecule has 0 aromatic heterocycles. The summed E-state index contributed by atoms with van der Waals surface area (Å²) in [6, 6.07) is 5.85. The number of fused-ring (bicyclic) bond motifs is 1. The molecular weight excluding hydrogens is 234 g/mol. The number of hydrogen-bond donors (Lipinski definition) is 0. The highest BCUT2D eigenvalue weighted by molar-refractivity contribution is 6.30. The quantitative estimate of drug-likeness (QED) is 0.747. The lowest BCUT2D eigenvalue weighted by molar-refractivity contribution is -0.119. The van der Waals surface area contributed by atoms with E-state index in [2.05, 4.69) is 13.8 Å². The summed E-state index contributed by atoms with van der Waals surface area (Å²) in [6.45, 7) is 5.11. The van der Waals surface area contributed by atoms with Crippen molar-refractivity contribution in [3.8, 4) is 0 Å². The number of halogens is 1. The van der Waals surface area contributed by atoms with Crippen LogP contribution < -0.4 is 4.90 Å². The molecule has 0 radical (unpaired) electrons. The van der Waals surface area contributed by atoms with Gasteiger partial charge in [0.05, 0.1) is 0 Å². The smallest absolute Gasteiger partial charge is 0.230 e. The van der Waals surface area contributed by atoms with Crippen molar-refractivity contribution in [2.45, 2.75) is 32.1 Å². The summed E-state index contributed by atoms with van der Waals surface area (Å²) in [5.41, 5.74) is 2.25. The Bertz CT molecular complexity index is 491. The maximum absolute atomic E-state index is 12.2. The molecule has 1 aliphatic heterocycles. The highest BCUT2D eigenvalue weighted by atomic mass is 35.5. The highest BCUT2D eigenvalue weighted by Gasteiger charge is 2.42. The van der Waals surface area contributed by atoms with Crippen molar-refractivity contribution in [1.29, 1.82) is 0 Å². The van der Waals surface area contributed by atoms with Crippen molar-refractivity contribution in [3.63, 3.8) is 0 Å². The second kappa shape index (κ2) is 3.49. The van der Waals surface area contributed by atoms with E-state index in [1.54, 1.807) is 0 Å². The molecule has 2 nitrogen and oxygen atoms in total. The zero-order valence-electron chi connectivity index (χ0n) is 10.2. The number of amides is 1. The molecule has 3 rings (SSSR count). The van der Waals surface area contributed by atoms with Gasteiger partial charge >= 0.3 is 0 Å². The van der Waals surface area contributed by atoms with Crippen LogP contribution in [0.5, 0.6) is 0 Å². The van der Waals surface area contributed by atoms with E-state index in [1.165, 1.54) is 5.56 Å². The Hall–Kier alpha value is -1.02. The lowest BCUT2D eigenvalue weighted by Crippen LogP contribution is -2.34. The van der Waals surface area contributed by atoms with E-state index in [0.29, 0.717) is 5.91 Å². The zero-order chi connectivity index (χ0) is 12.2. The van der Waals surface area contributed by atoms with Gasteiger partial charge in [0.2, 0.25) is 5.91 Å². The summed E-state index contributed by atoms with van der Waals surface area (Å²) in [6.07, 6.45) is 2.11. The molecule has 0 saturated heterocycles. The molecule has 2 aliphatic rings. The van der Waals surface area contributed by atoms with Crippen molar-refractivity contribution in [1.82, 2.24) is 0 Å². The normalized spacial score (nSPS) is 21.5. The summed E-state index contributed by atoms with van der Waals surface area (Å²) < 4.78 is 0. The topological polar surface area (TPSA) is 20.3 Å². The second-order valence-electron chi connectivity index (χ2n) is 5.74. The average molecular weight is 250 g/mol. The van der Waals surface area contributed by atoms with Crippen LogP contribution in [0.4, 0.5) is 5.69 Å². The van der Waals surface area contributed by atoms with E-state index in [4.69, 9.17) is 11.6 Å². The van der Waals surface area contributed by atoms with Crippen LogP contribution >= 0.6 is 11.6 Å². The van der Waals surface area contributed by atoms with Gasteiger partial charge in [-0.3, -0.25) is 4.79 Å². The monoisotopic (exact) mass is 249 g/mol. The largest absolute Gasteiger partial charge is 0.311 e. The Balaban J connectivity index is 2.04. The van der Waals surface area contributed by atoms with Gasteiger partial charge in [-0.25, -0.2) is 0 Å². The molecule has 0 bridgehead atoms. The molecule has 1 aliphatic carbocycles. The molecule has 1 fully saturated rings. The first-order valence-corrected chi connectivity index (χ1v) is 6.48. The molecule has 1 aromatic carbocycles. The summed E-state index contributed by atoms with van der Waals surface area (Å²) in [7, 11) is 0. The molecule has 90 valence electrons. The second-order valence-corrected chi connectivity index (χ2v) is 6.18. The predicted octanol–water partition coefficient (Wildman–Crippen LogP) is 3.37. The molecule has 17 heavy (non-hydrogen) atoms. The fourth-order valence-corrected chi connectivity index (χ4v) is 2.77. The minimum absolute atomic E-state index is 0.00475. The van der Waals surface area contributed by atoms with Gasteiger partial charge in [0.25, 0.3) is 0 Å². The fraction of sp³-hybridized carbons (Fsp3) is 0.500. The number of nitrogens with zero attached hydrogens (tertiary/aromatic N) is 1. The Morgan fingerprint density at radius 1 is 1.41 bits per heavy atom. The van der Waals surface area contributed by atoms with Gasteiger partial charge in [-0.2, -0.15) is 0 Å². The van der Waals surface area contributed by atoms with Gasteiger partial charge < -0.3 is 4.90 Å². The molecular formula is C14H16ClNO.